The molecule has 2 heterocycles. The summed E-state index contributed by atoms with van der Waals surface area (Å²) in [5.41, 5.74) is 5.87. The molecule has 0 aromatic rings. The highest BCUT2D eigenvalue weighted by Gasteiger charge is 2.21. The summed E-state index contributed by atoms with van der Waals surface area (Å²) in [4.78, 5) is 7.50. The van der Waals surface area contributed by atoms with Gasteiger partial charge in [-0.15, -0.1) is 0 Å². The van der Waals surface area contributed by atoms with Crippen LogP contribution in [-0.4, -0.2) is 93.4 Å². The standard InChI is InChI=1S/C13H28N4O/c1-15-3-2-4-17(12-13(15)11-14)6-5-16-7-9-18-10-8-16/h13H,2-12,14H2,1H3. The zero-order chi connectivity index (χ0) is 12.8. The van der Waals surface area contributed by atoms with Crippen LogP contribution in [0, 0.1) is 0 Å². The highest BCUT2D eigenvalue weighted by atomic mass is 16.5. The molecule has 2 fully saturated rings. The summed E-state index contributed by atoms with van der Waals surface area (Å²) >= 11 is 0. The predicted octanol–water partition coefficient (Wildman–Crippen LogP) is -0.717. The fourth-order valence-corrected chi connectivity index (χ4v) is 2.82. The monoisotopic (exact) mass is 256 g/mol. The second kappa shape index (κ2) is 7.40. The molecule has 2 aliphatic rings. The van der Waals surface area contributed by atoms with Crippen molar-refractivity contribution in [3.8, 4) is 0 Å². The molecule has 1 unspecified atom stereocenters. The van der Waals surface area contributed by atoms with Crippen molar-refractivity contribution in [3.63, 3.8) is 0 Å². The minimum atomic E-state index is 0.525. The average molecular weight is 256 g/mol. The van der Waals surface area contributed by atoms with E-state index in [4.69, 9.17) is 10.5 Å². The van der Waals surface area contributed by atoms with Crippen molar-refractivity contribution in [3.05, 3.63) is 0 Å². The Morgan fingerprint density at radius 3 is 2.50 bits per heavy atom. The summed E-state index contributed by atoms with van der Waals surface area (Å²) in [6, 6.07) is 0.525. The lowest BCUT2D eigenvalue weighted by molar-refractivity contribution is 0.0330. The topological polar surface area (TPSA) is 45.0 Å². The molecule has 0 aromatic heterocycles. The third kappa shape index (κ3) is 4.17. The van der Waals surface area contributed by atoms with Gasteiger partial charge in [-0.3, -0.25) is 4.90 Å². The molecule has 0 saturated carbocycles. The molecule has 5 nitrogen and oxygen atoms in total. The Hall–Kier alpha value is -0.200. The van der Waals surface area contributed by atoms with Crippen molar-refractivity contribution < 1.29 is 4.74 Å². The summed E-state index contributed by atoms with van der Waals surface area (Å²) in [5.74, 6) is 0. The maximum atomic E-state index is 5.87. The zero-order valence-electron chi connectivity index (χ0n) is 11.7. The number of likely N-dealkylation sites (N-methyl/N-ethyl adjacent to an activating group) is 1. The highest BCUT2D eigenvalue weighted by Crippen LogP contribution is 2.07. The third-order valence-corrected chi connectivity index (χ3v) is 4.19. The quantitative estimate of drug-likeness (QED) is 0.719. The minimum Gasteiger partial charge on any atom is -0.379 e. The molecule has 2 aliphatic heterocycles. The summed E-state index contributed by atoms with van der Waals surface area (Å²) < 4.78 is 5.38. The molecule has 1 atom stereocenters. The lowest BCUT2D eigenvalue weighted by atomic mass is 10.2. The Kier molecular flexibility index (Phi) is 5.85. The first-order valence-corrected chi connectivity index (χ1v) is 7.22. The maximum Gasteiger partial charge on any atom is 0.0594 e. The molecule has 0 aromatic carbocycles. The number of hydrogen-bond acceptors (Lipinski definition) is 5. The summed E-state index contributed by atoms with van der Waals surface area (Å²) in [6.45, 7) is 10.6. The molecule has 0 amide bonds. The number of ether oxygens (including phenoxy) is 1. The van der Waals surface area contributed by atoms with Gasteiger partial charge in [0.1, 0.15) is 0 Å². The van der Waals surface area contributed by atoms with Crippen LogP contribution in [0.2, 0.25) is 0 Å². The first kappa shape index (κ1) is 14.2. The van der Waals surface area contributed by atoms with Gasteiger partial charge in [0.25, 0.3) is 0 Å². The van der Waals surface area contributed by atoms with Crippen LogP contribution in [-0.2, 0) is 4.74 Å². The highest BCUT2D eigenvalue weighted by molar-refractivity contribution is 4.79. The normalized spacial score (nSPS) is 29.3. The molecular formula is C13H28N4O. The van der Waals surface area contributed by atoms with Crippen LogP contribution in [0.5, 0.6) is 0 Å². The number of hydrogen-bond donors (Lipinski definition) is 1. The van der Waals surface area contributed by atoms with Crippen molar-refractivity contribution in [2.24, 2.45) is 5.73 Å². The molecular weight excluding hydrogens is 228 g/mol. The number of nitrogens with two attached hydrogens (primary N) is 1. The van der Waals surface area contributed by atoms with Gasteiger partial charge < -0.3 is 20.3 Å². The Labute approximate surface area is 111 Å². The Morgan fingerprint density at radius 2 is 1.78 bits per heavy atom. The van der Waals surface area contributed by atoms with Gasteiger partial charge >= 0.3 is 0 Å². The summed E-state index contributed by atoms with van der Waals surface area (Å²) in [7, 11) is 2.20. The van der Waals surface area contributed by atoms with Gasteiger partial charge in [0.15, 0.2) is 0 Å². The van der Waals surface area contributed by atoms with E-state index in [9.17, 15) is 0 Å². The van der Waals surface area contributed by atoms with Crippen molar-refractivity contribution >= 4 is 0 Å². The molecule has 0 bridgehead atoms. The summed E-state index contributed by atoms with van der Waals surface area (Å²) in [6.07, 6.45) is 1.26. The van der Waals surface area contributed by atoms with E-state index in [1.165, 1.54) is 32.6 Å². The smallest absolute Gasteiger partial charge is 0.0594 e. The van der Waals surface area contributed by atoms with E-state index in [2.05, 4.69) is 21.7 Å². The molecule has 0 radical (unpaired) electrons. The fourth-order valence-electron chi connectivity index (χ4n) is 2.82. The molecule has 2 saturated heterocycles. The molecule has 2 rings (SSSR count). The van der Waals surface area contributed by atoms with Gasteiger partial charge in [-0.1, -0.05) is 0 Å². The summed E-state index contributed by atoms with van der Waals surface area (Å²) in [5, 5.41) is 0. The van der Waals surface area contributed by atoms with E-state index in [1.807, 2.05) is 0 Å². The molecule has 18 heavy (non-hydrogen) atoms. The Morgan fingerprint density at radius 1 is 1.06 bits per heavy atom. The van der Waals surface area contributed by atoms with E-state index in [1.54, 1.807) is 0 Å². The first-order valence-electron chi connectivity index (χ1n) is 7.22. The number of nitrogens with zero attached hydrogens (tertiary/aromatic N) is 3. The second-order valence-electron chi connectivity index (χ2n) is 5.48. The van der Waals surface area contributed by atoms with Gasteiger partial charge in [0, 0.05) is 45.3 Å². The minimum absolute atomic E-state index is 0.525. The Balaban J connectivity index is 1.73. The number of morpholine rings is 1. The van der Waals surface area contributed by atoms with Crippen LogP contribution in [0.1, 0.15) is 6.42 Å². The molecule has 5 heteroatoms. The lowest BCUT2D eigenvalue weighted by Crippen LogP contribution is -2.46. The van der Waals surface area contributed by atoms with Crippen LogP contribution in [0.3, 0.4) is 0 Å². The predicted molar refractivity (Wildman–Crippen MR) is 73.8 cm³/mol. The molecule has 2 N–H and O–H groups in total. The van der Waals surface area contributed by atoms with E-state index < -0.39 is 0 Å². The third-order valence-electron chi connectivity index (χ3n) is 4.19. The van der Waals surface area contributed by atoms with E-state index in [-0.39, 0.29) is 0 Å². The van der Waals surface area contributed by atoms with Crippen LogP contribution in [0.25, 0.3) is 0 Å². The maximum absolute atomic E-state index is 5.87. The SMILES string of the molecule is CN1CCCN(CCN2CCOCC2)CC1CN. The van der Waals surface area contributed by atoms with E-state index >= 15 is 0 Å². The van der Waals surface area contributed by atoms with Crippen LogP contribution in [0.4, 0.5) is 0 Å². The van der Waals surface area contributed by atoms with Gasteiger partial charge in [-0.05, 0) is 26.6 Å². The van der Waals surface area contributed by atoms with Gasteiger partial charge in [-0.2, -0.15) is 0 Å². The van der Waals surface area contributed by atoms with Gasteiger partial charge in [-0.25, -0.2) is 0 Å². The molecule has 0 aliphatic carbocycles. The number of rotatable bonds is 4. The van der Waals surface area contributed by atoms with Crippen LogP contribution >= 0.6 is 0 Å². The fraction of sp³-hybridized carbons (Fsp3) is 1.00. The largest absolute Gasteiger partial charge is 0.379 e. The average Bonchev–Trinajstić information content (AvgIpc) is 2.59. The molecule has 106 valence electrons. The van der Waals surface area contributed by atoms with Crippen LogP contribution in [0.15, 0.2) is 0 Å². The second-order valence-corrected chi connectivity index (χ2v) is 5.48. The molecule has 0 spiro atoms. The van der Waals surface area contributed by atoms with E-state index in [0.717, 1.165) is 39.4 Å². The van der Waals surface area contributed by atoms with Gasteiger partial charge in [0.2, 0.25) is 0 Å². The van der Waals surface area contributed by atoms with Crippen LogP contribution < -0.4 is 5.73 Å². The Bertz CT molecular complexity index is 233. The van der Waals surface area contributed by atoms with E-state index in [0.29, 0.717) is 6.04 Å². The van der Waals surface area contributed by atoms with Crippen molar-refractivity contribution in [1.29, 1.82) is 0 Å². The van der Waals surface area contributed by atoms with Gasteiger partial charge in [0.05, 0.1) is 13.2 Å². The first-order chi connectivity index (χ1) is 8.79. The van der Waals surface area contributed by atoms with Crippen molar-refractivity contribution in [2.75, 3.05) is 72.6 Å². The lowest BCUT2D eigenvalue weighted by Gasteiger charge is -2.31. The zero-order valence-corrected chi connectivity index (χ0v) is 11.7. The van der Waals surface area contributed by atoms with Crippen molar-refractivity contribution in [2.45, 2.75) is 12.5 Å². The van der Waals surface area contributed by atoms with Crippen molar-refractivity contribution in [1.82, 2.24) is 14.7 Å².